The van der Waals surface area contributed by atoms with E-state index in [4.69, 9.17) is 7.85 Å². The van der Waals surface area contributed by atoms with E-state index in [1.54, 1.807) is 0 Å². The standard InChI is InChI=1S/C17H23BN4/c1-21-9-11-22(12-10-21)8-4-7-19-17-13-15(18)14-5-2-3-6-16(14)20-17/h2-3,5-6,13H,4,7-12H2,1H3,(H,19,20). The first kappa shape index (κ1) is 15.3. The highest BCUT2D eigenvalue weighted by atomic mass is 15.2. The molecular weight excluding hydrogens is 271 g/mol. The first-order valence-electron chi connectivity index (χ1n) is 8.02. The number of anilines is 1. The minimum absolute atomic E-state index is 0.784. The van der Waals surface area contributed by atoms with Crippen molar-refractivity contribution in [3.05, 3.63) is 30.3 Å². The molecule has 5 heteroatoms. The summed E-state index contributed by atoms with van der Waals surface area (Å²) in [6.45, 7) is 6.78. The normalized spacial score (nSPS) is 17.0. The predicted molar refractivity (Wildman–Crippen MR) is 94.2 cm³/mol. The zero-order valence-electron chi connectivity index (χ0n) is 13.3. The quantitative estimate of drug-likeness (QED) is 0.660. The summed E-state index contributed by atoms with van der Waals surface area (Å²) in [4.78, 5) is 9.54. The number of hydrogen-bond donors (Lipinski definition) is 1. The molecule has 3 rings (SSSR count). The van der Waals surface area contributed by atoms with Crippen LogP contribution in [0.4, 0.5) is 5.82 Å². The number of nitrogens with one attached hydrogen (secondary N) is 1. The number of fused-ring (bicyclic) bond motifs is 1. The molecule has 0 atom stereocenters. The molecule has 1 saturated heterocycles. The van der Waals surface area contributed by atoms with Crippen LogP contribution in [0.3, 0.4) is 0 Å². The van der Waals surface area contributed by atoms with E-state index < -0.39 is 0 Å². The summed E-state index contributed by atoms with van der Waals surface area (Å²) in [6.07, 6.45) is 1.12. The van der Waals surface area contributed by atoms with Gasteiger partial charge >= 0.3 is 0 Å². The van der Waals surface area contributed by atoms with Crippen molar-refractivity contribution in [2.45, 2.75) is 6.42 Å². The number of nitrogens with zero attached hydrogens (tertiary/aromatic N) is 3. The van der Waals surface area contributed by atoms with E-state index in [-0.39, 0.29) is 0 Å². The summed E-state index contributed by atoms with van der Waals surface area (Å²) in [5.74, 6) is 0.870. The van der Waals surface area contributed by atoms with Crippen LogP contribution in [0, 0.1) is 0 Å². The molecule has 0 unspecified atom stereocenters. The number of para-hydroxylation sites is 1. The Kier molecular flexibility index (Phi) is 4.95. The Balaban J connectivity index is 1.49. The SMILES string of the molecule is [B]c1cc(NCCCN2CCN(C)CC2)nc2ccccc12. The van der Waals surface area contributed by atoms with Gasteiger partial charge in [0.15, 0.2) is 0 Å². The summed E-state index contributed by atoms with van der Waals surface area (Å²) in [6, 6.07) is 9.92. The molecule has 0 bridgehead atoms. The molecular formula is C17H23BN4. The fourth-order valence-corrected chi connectivity index (χ4v) is 2.88. The molecule has 0 saturated carbocycles. The van der Waals surface area contributed by atoms with Crippen LogP contribution >= 0.6 is 0 Å². The highest BCUT2D eigenvalue weighted by Gasteiger charge is 2.12. The second kappa shape index (κ2) is 7.12. The lowest BCUT2D eigenvalue weighted by Crippen LogP contribution is -2.44. The highest BCUT2D eigenvalue weighted by Crippen LogP contribution is 2.12. The largest absolute Gasteiger partial charge is 0.370 e. The molecule has 2 radical (unpaired) electrons. The predicted octanol–water partition coefficient (Wildman–Crippen LogP) is 1.08. The summed E-state index contributed by atoms with van der Waals surface area (Å²) in [5, 5.41) is 4.42. The molecule has 1 aromatic heterocycles. The summed E-state index contributed by atoms with van der Waals surface area (Å²) < 4.78 is 0. The van der Waals surface area contributed by atoms with E-state index in [0.29, 0.717) is 0 Å². The van der Waals surface area contributed by atoms with Gasteiger partial charge in [-0.1, -0.05) is 23.7 Å². The van der Waals surface area contributed by atoms with E-state index in [1.807, 2.05) is 30.3 Å². The van der Waals surface area contributed by atoms with Gasteiger partial charge < -0.3 is 15.1 Å². The van der Waals surface area contributed by atoms with Gasteiger partial charge in [-0.3, -0.25) is 0 Å². The van der Waals surface area contributed by atoms with Crippen molar-refractivity contribution in [1.29, 1.82) is 0 Å². The van der Waals surface area contributed by atoms with E-state index in [2.05, 4.69) is 27.1 Å². The molecule has 0 aliphatic carbocycles. The van der Waals surface area contributed by atoms with Crippen molar-refractivity contribution in [2.24, 2.45) is 0 Å². The molecule has 22 heavy (non-hydrogen) atoms. The molecule has 2 heterocycles. The Morgan fingerprint density at radius 3 is 2.77 bits per heavy atom. The zero-order chi connectivity index (χ0) is 15.4. The molecule has 1 aliphatic heterocycles. The average Bonchev–Trinajstić information content (AvgIpc) is 2.53. The van der Waals surface area contributed by atoms with Crippen LogP contribution in [0.25, 0.3) is 10.9 Å². The molecule has 1 fully saturated rings. The molecule has 4 nitrogen and oxygen atoms in total. The highest BCUT2D eigenvalue weighted by molar-refractivity contribution is 6.38. The van der Waals surface area contributed by atoms with Crippen LogP contribution in [-0.2, 0) is 0 Å². The van der Waals surface area contributed by atoms with Gasteiger partial charge in [-0.05, 0) is 37.5 Å². The van der Waals surface area contributed by atoms with E-state index in [0.717, 1.165) is 41.7 Å². The molecule has 1 aromatic carbocycles. The number of pyridine rings is 1. The number of piperazine rings is 1. The Labute approximate surface area is 133 Å². The minimum Gasteiger partial charge on any atom is -0.370 e. The molecule has 1 N–H and O–H groups in total. The van der Waals surface area contributed by atoms with Crippen molar-refractivity contribution in [1.82, 2.24) is 14.8 Å². The summed E-state index contributed by atoms with van der Waals surface area (Å²) in [5.41, 5.74) is 1.73. The van der Waals surface area contributed by atoms with Gasteiger partial charge in [0.1, 0.15) is 13.7 Å². The van der Waals surface area contributed by atoms with Gasteiger partial charge in [-0.2, -0.15) is 0 Å². The number of rotatable bonds is 5. The number of benzene rings is 1. The molecule has 114 valence electrons. The van der Waals surface area contributed by atoms with E-state index >= 15 is 0 Å². The maximum atomic E-state index is 6.10. The van der Waals surface area contributed by atoms with Crippen LogP contribution in [-0.4, -0.2) is 68.9 Å². The van der Waals surface area contributed by atoms with Crippen molar-refractivity contribution >= 4 is 30.0 Å². The van der Waals surface area contributed by atoms with Gasteiger partial charge in [0.05, 0.1) is 5.52 Å². The second-order valence-electron chi connectivity index (χ2n) is 6.04. The van der Waals surface area contributed by atoms with Crippen LogP contribution in [0.2, 0.25) is 0 Å². The molecule has 1 aliphatic rings. The Morgan fingerprint density at radius 2 is 1.95 bits per heavy atom. The maximum absolute atomic E-state index is 6.10. The number of aromatic nitrogens is 1. The molecule has 0 spiro atoms. The van der Waals surface area contributed by atoms with Crippen molar-refractivity contribution in [2.75, 3.05) is 51.6 Å². The topological polar surface area (TPSA) is 31.4 Å². The number of likely N-dealkylation sites (N-methyl/N-ethyl adjacent to an activating group) is 1. The Bertz CT molecular complexity index is 623. The van der Waals surface area contributed by atoms with Crippen LogP contribution < -0.4 is 10.8 Å². The first-order valence-corrected chi connectivity index (χ1v) is 8.02. The van der Waals surface area contributed by atoms with Crippen LogP contribution in [0.5, 0.6) is 0 Å². The third kappa shape index (κ3) is 3.78. The van der Waals surface area contributed by atoms with E-state index in [1.165, 1.54) is 26.2 Å². The number of hydrogen-bond acceptors (Lipinski definition) is 4. The Hall–Kier alpha value is -1.59. The molecule has 2 aromatic rings. The van der Waals surface area contributed by atoms with Crippen LogP contribution in [0.15, 0.2) is 30.3 Å². The third-order valence-corrected chi connectivity index (χ3v) is 4.30. The van der Waals surface area contributed by atoms with E-state index in [9.17, 15) is 0 Å². The third-order valence-electron chi connectivity index (χ3n) is 4.30. The summed E-state index contributed by atoms with van der Waals surface area (Å²) >= 11 is 0. The second-order valence-corrected chi connectivity index (χ2v) is 6.04. The first-order chi connectivity index (χ1) is 10.7. The van der Waals surface area contributed by atoms with Crippen molar-refractivity contribution < 1.29 is 0 Å². The lowest BCUT2D eigenvalue weighted by molar-refractivity contribution is 0.154. The lowest BCUT2D eigenvalue weighted by Gasteiger charge is -2.32. The average molecular weight is 294 g/mol. The van der Waals surface area contributed by atoms with Gasteiger partial charge in [0.25, 0.3) is 0 Å². The summed E-state index contributed by atoms with van der Waals surface area (Å²) in [7, 11) is 8.29. The zero-order valence-corrected chi connectivity index (χ0v) is 13.3. The van der Waals surface area contributed by atoms with Gasteiger partial charge in [0, 0.05) is 32.7 Å². The molecule has 0 amide bonds. The fourth-order valence-electron chi connectivity index (χ4n) is 2.88. The van der Waals surface area contributed by atoms with Crippen molar-refractivity contribution in [3.63, 3.8) is 0 Å². The van der Waals surface area contributed by atoms with Crippen LogP contribution in [0.1, 0.15) is 6.42 Å². The smallest absolute Gasteiger partial charge is 0.126 e. The van der Waals surface area contributed by atoms with Crippen molar-refractivity contribution in [3.8, 4) is 0 Å². The fraction of sp³-hybridized carbons (Fsp3) is 0.471. The maximum Gasteiger partial charge on any atom is 0.126 e. The minimum atomic E-state index is 0.784. The van der Waals surface area contributed by atoms with Gasteiger partial charge in [-0.15, -0.1) is 0 Å². The van der Waals surface area contributed by atoms with Gasteiger partial charge in [-0.25, -0.2) is 4.98 Å². The lowest BCUT2D eigenvalue weighted by atomic mass is 9.92. The monoisotopic (exact) mass is 294 g/mol. The van der Waals surface area contributed by atoms with Gasteiger partial charge in [0.2, 0.25) is 0 Å². The Morgan fingerprint density at radius 1 is 1.18 bits per heavy atom.